The maximum absolute atomic E-state index is 2.68. The van der Waals surface area contributed by atoms with E-state index in [1.165, 1.54) is 143 Å². The molecule has 4 heterocycles. The van der Waals surface area contributed by atoms with Crippen LogP contribution >= 0.6 is 0 Å². The molecule has 0 atom stereocenters. The Morgan fingerprint density at radius 1 is 0.407 bits per heavy atom. The van der Waals surface area contributed by atoms with E-state index in [0.717, 1.165) is 0 Å². The predicted molar refractivity (Wildman–Crippen MR) is 255 cm³/mol. The van der Waals surface area contributed by atoms with Gasteiger partial charge in [-0.25, -0.2) is 0 Å². The first-order chi connectivity index (χ1) is 28.6. The van der Waals surface area contributed by atoms with Crippen molar-refractivity contribution < 1.29 is 0 Å². The molecule has 13 rings (SSSR count). The quantitative estimate of drug-likeness (QED) is 0.123. The van der Waals surface area contributed by atoms with Crippen LogP contribution in [0.15, 0.2) is 133 Å². The molecule has 0 saturated carbocycles. The van der Waals surface area contributed by atoms with Crippen LogP contribution in [0.4, 0.5) is 0 Å². The fourth-order valence-corrected chi connectivity index (χ4v) is 11.7. The summed E-state index contributed by atoms with van der Waals surface area (Å²) in [5.41, 5.74) is 21.1. The van der Waals surface area contributed by atoms with Crippen molar-refractivity contribution in [3.8, 4) is 11.4 Å². The van der Waals surface area contributed by atoms with E-state index in [0.29, 0.717) is 0 Å². The second-order valence-corrected chi connectivity index (χ2v) is 18.5. The molecule has 0 amide bonds. The molecule has 11 aromatic rings. The lowest BCUT2D eigenvalue weighted by Gasteiger charge is -2.35. The highest BCUT2D eigenvalue weighted by Gasteiger charge is 2.42. The molecular formula is C56H43BN2. The monoisotopic (exact) mass is 754 g/mol. The van der Waals surface area contributed by atoms with E-state index in [9.17, 15) is 0 Å². The molecule has 0 unspecified atom stereocenters. The van der Waals surface area contributed by atoms with Gasteiger partial charge >= 0.3 is 0 Å². The number of rotatable bonds is 2. The highest BCUT2D eigenvalue weighted by molar-refractivity contribution is 7.00. The van der Waals surface area contributed by atoms with Gasteiger partial charge in [-0.3, -0.25) is 0 Å². The Morgan fingerprint density at radius 2 is 0.949 bits per heavy atom. The van der Waals surface area contributed by atoms with Crippen molar-refractivity contribution in [1.82, 2.24) is 9.13 Å². The summed E-state index contributed by atoms with van der Waals surface area (Å²) in [5, 5.41) is 13.3. The summed E-state index contributed by atoms with van der Waals surface area (Å²) in [5.74, 6) is 0. The molecule has 0 spiro atoms. The maximum Gasteiger partial charge on any atom is 0.252 e. The highest BCUT2D eigenvalue weighted by atomic mass is 15.0. The summed E-state index contributed by atoms with van der Waals surface area (Å²) >= 11 is 0. The molecule has 2 aromatic heterocycles. The Labute approximate surface area is 344 Å². The van der Waals surface area contributed by atoms with Gasteiger partial charge in [-0.15, -0.1) is 0 Å². The van der Waals surface area contributed by atoms with Gasteiger partial charge in [-0.2, -0.15) is 0 Å². The first-order valence-corrected chi connectivity index (χ1v) is 21.2. The van der Waals surface area contributed by atoms with Crippen molar-refractivity contribution in [2.24, 2.45) is 0 Å². The SMILES string of the molecule is Cc1ccc2c(c1)c1cc(C(C)(C)c3ccccc3)ccc1c1cc3c4c(c21)-n1c2ccc(C)cc2c2cc(C)cc(c21)B4c1cc(C)cc2c4cc(C)ccc4n-3c12. The van der Waals surface area contributed by atoms with Gasteiger partial charge in [0.1, 0.15) is 0 Å². The van der Waals surface area contributed by atoms with Gasteiger partial charge in [0.05, 0.1) is 16.7 Å². The van der Waals surface area contributed by atoms with E-state index in [4.69, 9.17) is 0 Å². The molecule has 3 heteroatoms. The molecule has 2 nitrogen and oxygen atoms in total. The third kappa shape index (κ3) is 4.18. The van der Waals surface area contributed by atoms with E-state index in [2.05, 4.69) is 191 Å². The van der Waals surface area contributed by atoms with Crippen LogP contribution < -0.4 is 16.4 Å². The summed E-state index contributed by atoms with van der Waals surface area (Å²) in [6.45, 7) is 16.1. The van der Waals surface area contributed by atoms with E-state index >= 15 is 0 Å². The second kappa shape index (κ2) is 11.1. The maximum atomic E-state index is 2.68. The highest BCUT2D eigenvalue weighted by Crippen LogP contribution is 2.47. The minimum absolute atomic E-state index is 0.0789. The van der Waals surface area contributed by atoms with Gasteiger partial charge in [-0.1, -0.05) is 127 Å². The Morgan fingerprint density at radius 3 is 1.61 bits per heavy atom. The van der Waals surface area contributed by atoms with Crippen molar-refractivity contribution in [2.75, 3.05) is 0 Å². The zero-order valence-electron chi connectivity index (χ0n) is 34.7. The van der Waals surface area contributed by atoms with Crippen molar-refractivity contribution in [3.05, 3.63) is 172 Å². The lowest BCUT2D eigenvalue weighted by molar-refractivity contribution is 0.642. The predicted octanol–water partition coefficient (Wildman–Crippen LogP) is 12.4. The first-order valence-electron chi connectivity index (χ1n) is 21.2. The number of hydrogen-bond acceptors (Lipinski definition) is 0. The van der Waals surface area contributed by atoms with E-state index in [1.807, 2.05) is 0 Å². The lowest BCUT2D eigenvalue weighted by atomic mass is 9.34. The molecule has 0 aliphatic carbocycles. The average Bonchev–Trinajstić information content (AvgIpc) is 3.72. The van der Waals surface area contributed by atoms with E-state index in [1.54, 1.807) is 0 Å². The molecule has 59 heavy (non-hydrogen) atoms. The van der Waals surface area contributed by atoms with Gasteiger partial charge in [0.15, 0.2) is 0 Å². The van der Waals surface area contributed by atoms with Crippen LogP contribution in [-0.4, -0.2) is 15.8 Å². The van der Waals surface area contributed by atoms with Crippen LogP contribution in [0.1, 0.15) is 52.8 Å². The van der Waals surface area contributed by atoms with Crippen molar-refractivity contribution in [1.29, 1.82) is 0 Å². The molecule has 280 valence electrons. The molecule has 2 aliphatic rings. The van der Waals surface area contributed by atoms with Gasteiger partial charge in [0.25, 0.3) is 6.71 Å². The molecule has 0 saturated heterocycles. The summed E-state index contributed by atoms with van der Waals surface area (Å²) in [7, 11) is 0. The number of hydrogen-bond donors (Lipinski definition) is 0. The largest absolute Gasteiger partial charge is 0.310 e. The molecule has 9 aromatic carbocycles. The number of fused-ring (bicyclic) bond motifs is 17. The Balaban J connectivity index is 1.30. The minimum Gasteiger partial charge on any atom is -0.310 e. The molecule has 2 aliphatic heterocycles. The fourth-order valence-electron chi connectivity index (χ4n) is 11.7. The van der Waals surface area contributed by atoms with Gasteiger partial charge in [0.2, 0.25) is 0 Å². The van der Waals surface area contributed by atoms with Crippen molar-refractivity contribution in [2.45, 2.75) is 53.9 Å². The standard InChI is InChI=1S/C56H43BN2/c1-30-13-17-38-39(21-30)40-28-36(56(6,7)35-11-9-8-10-12-35)16-18-37(40)43-29-50-52-55(51(38)43)59-49-20-15-32(3)23-42(49)45-25-34(5)27-47(54(45)59)57(52)46-26-33(4)24-44-41-22-31(2)14-19-48(41)58(50)53(44)46/h8-29H,1-7H3. The second-order valence-electron chi connectivity index (χ2n) is 18.5. The van der Waals surface area contributed by atoms with Crippen LogP contribution in [0.5, 0.6) is 0 Å². The van der Waals surface area contributed by atoms with E-state index in [-0.39, 0.29) is 12.1 Å². The molecule has 0 radical (unpaired) electrons. The smallest absolute Gasteiger partial charge is 0.252 e. The first kappa shape index (κ1) is 33.4. The molecular weight excluding hydrogens is 711 g/mol. The van der Waals surface area contributed by atoms with Gasteiger partial charge < -0.3 is 9.13 Å². The minimum atomic E-state index is -0.166. The third-order valence-electron chi connectivity index (χ3n) is 14.3. The Bertz CT molecular complexity index is 3740. The molecule has 0 bridgehead atoms. The Kier molecular flexibility index (Phi) is 6.30. The summed E-state index contributed by atoms with van der Waals surface area (Å²) in [4.78, 5) is 0. The topological polar surface area (TPSA) is 9.86 Å². The summed E-state index contributed by atoms with van der Waals surface area (Å²) in [6.07, 6.45) is 0. The van der Waals surface area contributed by atoms with E-state index < -0.39 is 0 Å². The number of aromatic nitrogens is 2. The van der Waals surface area contributed by atoms with Crippen LogP contribution in [0, 0.1) is 34.6 Å². The fraction of sp³-hybridized carbons (Fsp3) is 0.143. The number of benzene rings is 9. The molecule has 0 fully saturated rings. The van der Waals surface area contributed by atoms with Crippen LogP contribution in [0.3, 0.4) is 0 Å². The zero-order chi connectivity index (χ0) is 39.8. The molecule has 0 N–H and O–H groups in total. The van der Waals surface area contributed by atoms with Crippen LogP contribution in [0.2, 0.25) is 0 Å². The van der Waals surface area contributed by atoms with Crippen molar-refractivity contribution in [3.63, 3.8) is 0 Å². The number of aryl methyl sites for hydroxylation is 5. The summed E-state index contributed by atoms with van der Waals surface area (Å²) < 4.78 is 5.32. The summed E-state index contributed by atoms with van der Waals surface area (Å²) in [6, 6.07) is 52.1. The number of nitrogens with zero attached hydrogens (tertiary/aromatic N) is 2. The zero-order valence-corrected chi connectivity index (χ0v) is 34.7. The lowest BCUT2D eigenvalue weighted by Crippen LogP contribution is -2.59. The van der Waals surface area contributed by atoms with Crippen LogP contribution in [-0.2, 0) is 5.41 Å². The normalized spacial score (nSPS) is 13.3. The average molecular weight is 755 g/mol. The van der Waals surface area contributed by atoms with Crippen molar-refractivity contribution >= 4 is 99.0 Å². The third-order valence-corrected chi connectivity index (χ3v) is 14.3. The van der Waals surface area contributed by atoms with Crippen LogP contribution in [0.25, 0.3) is 87.3 Å². The Hall–Kier alpha value is -6.58. The van der Waals surface area contributed by atoms with Gasteiger partial charge in [-0.05, 0) is 138 Å². The van der Waals surface area contributed by atoms with Gasteiger partial charge in [0, 0.05) is 49.1 Å².